The average molecular weight is 621 g/mol. The topological polar surface area (TPSA) is 153 Å². The number of aryl methyl sites for hydroxylation is 1. The molecule has 4 aromatic rings. The number of carbonyl (C=O) groups excluding carboxylic acids is 1. The van der Waals surface area contributed by atoms with E-state index in [0.717, 1.165) is 43.9 Å². The Hall–Kier alpha value is -5.13. The van der Waals surface area contributed by atoms with Crippen molar-refractivity contribution in [3.05, 3.63) is 72.2 Å². The van der Waals surface area contributed by atoms with Crippen LogP contribution in [0.25, 0.3) is 11.3 Å². The van der Waals surface area contributed by atoms with Gasteiger partial charge in [-0.05, 0) is 37.0 Å². The maximum absolute atomic E-state index is 13.7. The van der Waals surface area contributed by atoms with Gasteiger partial charge in [-0.1, -0.05) is 30.3 Å². The third kappa shape index (κ3) is 6.19. The molecule has 0 bridgehead atoms. The molecular weight excluding hydrogens is 584 g/mol. The van der Waals surface area contributed by atoms with Gasteiger partial charge in [-0.3, -0.25) is 15.0 Å². The van der Waals surface area contributed by atoms with Gasteiger partial charge in [-0.25, -0.2) is 14.8 Å². The van der Waals surface area contributed by atoms with Crippen LogP contribution >= 0.6 is 0 Å². The van der Waals surface area contributed by atoms with Gasteiger partial charge in [0, 0.05) is 63.0 Å². The number of hydrogen-bond donors (Lipinski definition) is 2. The second-order valence-electron chi connectivity index (χ2n) is 12.2. The van der Waals surface area contributed by atoms with Crippen molar-refractivity contribution in [2.45, 2.75) is 31.8 Å². The predicted octanol–water partition coefficient (Wildman–Crippen LogP) is 2.97. The Labute approximate surface area is 267 Å². The van der Waals surface area contributed by atoms with E-state index in [9.17, 15) is 10.1 Å². The number of amides is 2. The number of rotatable bonds is 8. The molecule has 14 heteroatoms. The largest absolute Gasteiger partial charge is 0.380 e. The molecule has 0 saturated carbocycles. The Kier molecular flexibility index (Phi) is 8.17. The molecule has 7 rings (SSSR count). The summed E-state index contributed by atoms with van der Waals surface area (Å²) in [6.45, 7) is 4.90. The first kappa shape index (κ1) is 29.6. The van der Waals surface area contributed by atoms with Gasteiger partial charge in [0.25, 0.3) is 0 Å². The smallest absolute Gasteiger partial charge is 0.323 e. The number of hydrazine groups is 1. The lowest BCUT2D eigenvalue weighted by Gasteiger charge is -2.38. The maximum Gasteiger partial charge on any atom is 0.323 e. The number of carbonyl (C=O) groups is 1. The molecule has 0 atom stereocenters. The molecule has 14 nitrogen and oxygen atoms in total. The van der Waals surface area contributed by atoms with Gasteiger partial charge >= 0.3 is 6.03 Å². The molecule has 0 radical (unpaired) electrons. The number of nitriles is 1. The van der Waals surface area contributed by atoms with E-state index in [1.54, 1.807) is 22.0 Å². The van der Waals surface area contributed by atoms with Crippen LogP contribution in [0.15, 0.2) is 61.1 Å². The van der Waals surface area contributed by atoms with Crippen LogP contribution in [-0.4, -0.2) is 86.4 Å². The van der Waals surface area contributed by atoms with Gasteiger partial charge in [0.1, 0.15) is 11.6 Å². The molecule has 6 heterocycles. The molecular formula is C32H36N12O2. The van der Waals surface area contributed by atoms with Crippen LogP contribution in [-0.2, 0) is 18.3 Å². The van der Waals surface area contributed by atoms with Gasteiger partial charge in [0.05, 0.1) is 31.3 Å². The van der Waals surface area contributed by atoms with Crippen LogP contribution < -0.4 is 20.5 Å². The molecule has 3 aromatic heterocycles. The lowest BCUT2D eigenvalue weighted by Crippen LogP contribution is -2.52. The highest BCUT2D eigenvalue weighted by Crippen LogP contribution is 2.39. The van der Waals surface area contributed by atoms with Crippen molar-refractivity contribution < 1.29 is 9.53 Å². The zero-order valence-corrected chi connectivity index (χ0v) is 25.7. The molecule has 236 valence electrons. The Bertz CT molecular complexity index is 1710. The summed E-state index contributed by atoms with van der Waals surface area (Å²) in [6, 6.07) is 15.5. The first-order chi connectivity index (χ1) is 22.5. The number of piperidine rings is 1. The number of ether oxygens (including phenoxy) is 1. The van der Waals surface area contributed by atoms with Gasteiger partial charge in [-0.2, -0.15) is 15.3 Å². The van der Waals surface area contributed by atoms with Gasteiger partial charge in [0.2, 0.25) is 5.95 Å². The molecule has 1 aromatic carbocycles. The molecule has 3 aliphatic rings. The summed E-state index contributed by atoms with van der Waals surface area (Å²) in [4.78, 5) is 26.8. The molecule has 2 amide bonds. The van der Waals surface area contributed by atoms with E-state index in [1.807, 2.05) is 55.7 Å². The normalized spacial score (nSPS) is 17.8. The maximum atomic E-state index is 13.7. The van der Waals surface area contributed by atoms with Crippen molar-refractivity contribution in [2.24, 2.45) is 12.5 Å². The van der Waals surface area contributed by atoms with Crippen molar-refractivity contribution in [3.8, 4) is 17.3 Å². The second-order valence-corrected chi connectivity index (χ2v) is 12.2. The Balaban J connectivity index is 1.04. The highest BCUT2D eigenvalue weighted by molar-refractivity contribution is 5.91. The third-order valence-corrected chi connectivity index (χ3v) is 8.93. The highest BCUT2D eigenvalue weighted by atomic mass is 16.5. The van der Waals surface area contributed by atoms with E-state index < -0.39 is 0 Å². The molecule has 0 unspecified atom stereocenters. The lowest BCUT2D eigenvalue weighted by molar-refractivity contribution is -0.0985. The van der Waals surface area contributed by atoms with Crippen molar-refractivity contribution in [2.75, 3.05) is 54.6 Å². The first-order valence-electron chi connectivity index (χ1n) is 15.5. The molecule has 46 heavy (non-hydrogen) atoms. The van der Waals surface area contributed by atoms with E-state index in [1.165, 1.54) is 0 Å². The number of nitrogens with zero attached hydrogens (tertiary/aromatic N) is 10. The molecule has 2 N–H and O–H groups in total. The monoisotopic (exact) mass is 620 g/mol. The number of urea groups is 1. The SMILES string of the molecule is Cn1cc(-c2ccc(N(C(=O)NCc3ccccc3)C3CCN(Nc4ncc(C#N)c(N5CCC6(COC6)C5)n4)CC3)nn2)cn1. The Morgan fingerprint density at radius 3 is 2.59 bits per heavy atom. The summed E-state index contributed by atoms with van der Waals surface area (Å²) < 4.78 is 7.18. The van der Waals surface area contributed by atoms with Crippen LogP contribution in [0, 0.1) is 16.7 Å². The number of aromatic nitrogens is 6. The summed E-state index contributed by atoms with van der Waals surface area (Å²) in [7, 11) is 1.85. The standard InChI is InChI=1S/C32H36N12O2/c1-41-19-25(18-36-41)27-7-8-28(39-38-27)44(31(45)35-16-23-5-3-2-4-6-23)26-9-12-43(13-10-26)40-30-34-17-24(15-33)29(37-30)42-14-11-32(20-42)21-46-22-32/h2-8,17-19,26H,9-14,16,20-22H2,1H3,(H,35,45)(H,34,37,40). The summed E-state index contributed by atoms with van der Waals surface area (Å²) in [5, 5.41) is 28.0. The minimum absolute atomic E-state index is 0.102. The quantitative estimate of drug-likeness (QED) is 0.299. The highest BCUT2D eigenvalue weighted by Gasteiger charge is 2.45. The van der Waals surface area contributed by atoms with Gasteiger partial charge < -0.3 is 15.0 Å². The van der Waals surface area contributed by atoms with E-state index in [2.05, 4.69) is 47.0 Å². The fourth-order valence-corrected chi connectivity index (χ4v) is 6.34. The molecule has 1 spiro atoms. The number of hydrogen-bond acceptors (Lipinski definition) is 11. The summed E-state index contributed by atoms with van der Waals surface area (Å²) in [5.74, 6) is 1.60. The second kappa shape index (κ2) is 12.7. The van der Waals surface area contributed by atoms with Crippen LogP contribution in [0.3, 0.4) is 0 Å². The summed E-state index contributed by atoms with van der Waals surface area (Å²) >= 11 is 0. The molecule has 0 aliphatic carbocycles. The molecule has 3 aliphatic heterocycles. The summed E-state index contributed by atoms with van der Waals surface area (Å²) in [5.41, 5.74) is 6.54. The van der Waals surface area contributed by atoms with E-state index in [4.69, 9.17) is 9.72 Å². The third-order valence-electron chi connectivity index (χ3n) is 8.93. The van der Waals surface area contributed by atoms with Gasteiger partial charge in [-0.15, -0.1) is 10.2 Å². The number of benzene rings is 1. The number of anilines is 3. The number of nitrogens with one attached hydrogen (secondary N) is 2. The van der Waals surface area contributed by atoms with Gasteiger partial charge in [0.15, 0.2) is 11.6 Å². The van der Waals surface area contributed by atoms with Crippen molar-refractivity contribution >= 4 is 23.6 Å². The Morgan fingerprint density at radius 1 is 1.11 bits per heavy atom. The molecule has 3 saturated heterocycles. The lowest BCUT2D eigenvalue weighted by atomic mass is 9.85. The van der Waals surface area contributed by atoms with Crippen molar-refractivity contribution in [1.29, 1.82) is 5.26 Å². The Morgan fingerprint density at radius 2 is 1.93 bits per heavy atom. The minimum Gasteiger partial charge on any atom is -0.380 e. The zero-order valence-electron chi connectivity index (χ0n) is 25.7. The summed E-state index contributed by atoms with van der Waals surface area (Å²) in [6.07, 6.45) is 7.62. The molecule has 3 fully saturated rings. The fraction of sp³-hybridized carbons (Fsp3) is 0.406. The van der Waals surface area contributed by atoms with Crippen LogP contribution in [0.5, 0.6) is 0 Å². The van der Waals surface area contributed by atoms with E-state index in [0.29, 0.717) is 61.3 Å². The van der Waals surface area contributed by atoms with Crippen LogP contribution in [0.1, 0.15) is 30.4 Å². The van der Waals surface area contributed by atoms with Crippen molar-refractivity contribution in [3.63, 3.8) is 0 Å². The zero-order chi connectivity index (χ0) is 31.5. The van der Waals surface area contributed by atoms with E-state index in [-0.39, 0.29) is 17.5 Å². The predicted molar refractivity (Wildman–Crippen MR) is 170 cm³/mol. The van der Waals surface area contributed by atoms with Crippen LogP contribution in [0.2, 0.25) is 0 Å². The fourth-order valence-electron chi connectivity index (χ4n) is 6.34. The average Bonchev–Trinajstić information content (AvgIpc) is 3.73. The first-order valence-corrected chi connectivity index (χ1v) is 15.5. The minimum atomic E-state index is -0.223. The van der Waals surface area contributed by atoms with E-state index >= 15 is 0 Å². The van der Waals surface area contributed by atoms with Crippen molar-refractivity contribution in [1.82, 2.24) is 40.3 Å². The van der Waals surface area contributed by atoms with Crippen LogP contribution in [0.4, 0.5) is 22.4 Å².